The van der Waals surface area contributed by atoms with Crippen molar-refractivity contribution < 1.29 is 4.79 Å². The molecule has 0 aliphatic heterocycles. The van der Waals surface area contributed by atoms with Crippen LogP contribution in [0.1, 0.15) is 23.0 Å². The topological polar surface area (TPSA) is 50.2 Å². The van der Waals surface area contributed by atoms with Gasteiger partial charge in [0.25, 0.3) is 5.91 Å². The third-order valence-electron chi connectivity index (χ3n) is 3.08. The van der Waals surface area contributed by atoms with Crippen LogP contribution in [-0.2, 0) is 6.54 Å². The van der Waals surface area contributed by atoms with Crippen LogP contribution in [0, 0.1) is 0 Å². The predicted molar refractivity (Wildman–Crippen MR) is 86.7 cm³/mol. The molecule has 5 nitrogen and oxygen atoms in total. The van der Waals surface area contributed by atoms with Crippen LogP contribution >= 0.6 is 15.9 Å². The number of rotatable bonds is 5. The summed E-state index contributed by atoms with van der Waals surface area (Å²) in [5, 5.41) is 7.62. The number of aromatic nitrogens is 2. The molecule has 0 fully saturated rings. The van der Waals surface area contributed by atoms with Gasteiger partial charge in [0.2, 0.25) is 0 Å². The zero-order valence-electron chi connectivity index (χ0n) is 12.4. The molecule has 0 atom stereocenters. The van der Waals surface area contributed by atoms with Gasteiger partial charge in [-0.15, -0.1) is 0 Å². The van der Waals surface area contributed by atoms with Crippen LogP contribution in [0.4, 0.5) is 0 Å². The lowest BCUT2D eigenvalue weighted by molar-refractivity contribution is 0.0821. The zero-order valence-corrected chi connectivity index (χ0v) is 14.0. The molecule has 6 heteroatoms. The first-order chi connectivity index (χ1) is 10.0. The number of hydrogen-bond acceptors (Lipinski definition) is 3. The van der Waals surface area contributed by atoms with Crippen molar-refractivity contribution in [3.05, 3.63) is 46.2 Å². The van der Waals surface area contributed by atoms with Crippen LogP contribution in [0.5, 0.6) is 0 Å². The molecule has 1 N–H and O–H groups in total. The molecule has 1 aromatic carbocycles. The predicted octanol–water partition coefficient (Wildman–Crippen LogP) is 2.45. The summed E-state index contributed by atoms with van der Waals surface area (Å²) in [5.41, 5.74) is 2.55. The van der Waals surface area contributed by atoms with Gasteiger partial charge in [-0.1, -0.05) is 28.9 Å². The highest BCUT2D eigenvalue weighted by Crippen LogP contribution is 2.21. The van der Waals surface area contributed by atoms with Gasteiger partial charge in [-0.05, 0) is 30.3 Å². The van der Waals surface area contributed by atoms with Crippen molar-refractivity contribution in [1.29, 1.82) is 0 Å². The van der Waals surface area contributed by atoms with E-state index in [9.17, 15) is 4.79 Å². The number of halogens is 1. The van der Waals surface area contributed by atoms with Crippen LogP contribution in [0.25, 0.3) is 5.69 Å². The molecule has 0 saturated carbocycles. The van der Waals surface area contributed by atoms with Gasteiger partial charge in [-0.25, -0.2) is 4.68 Å². The maximum atomic E-state index is 11.9. The van der Waals surface area contributed by atoms with Crippen LogP contribution < -0.4 is 5.32 Å². The molecule has 0 spiro atoms. The standard InChI is InChI=1S/C15H19BrN4O/c1-4-17-10-11-5-6-12(9-13(11)16)20-8-7-14(18-20)15(21)19(2)3/h5-9,17H,4,10H2,1-3H3. The molecule has 2 rings (SSSR count). The summed E-state index contributed by atoms with van der Waals surface area (Å²) in [6.45, 7) is 3.83. The number of carbonyl (C=O) groups is 1. The average molecular weight is 351 g/mol. The second-order valence-electron chi connectivity index (χ2n) is 4.90. The molecule has 21 heavy (non-hydrogen) atoms. The Kier molecular flexibility index (Phi) is 5.14. The Balaban J connectivity index is 2.23. The van der Waals surface area contributed by atoms with E-state index in [4.69, 9.17) is 0 Å². The summed E-state index contributed by atoms with van der Waals surface area (Å²) in [5.74, 6) is -0.100. The smallest absolute Gasteiger partial charge is 0.273 e. The lowest BCUT2D eigenvalue weighted by atomic mass is 10.2. The van der Waals surface area contributed by atoms with E-state index in [0.29, 0.717) is 5.69 Å². The highest BCUT2D eigenvalue weighted by molar-refractivity contribution is 9.10. The second kappa shape index (κ2) is 6.87. The van der Waals surface area contributed by atoms with Gasteiger partial charge >= 0.3 is 0 Å². The largest absolute Gasteiger partial charge is 0.343 e. The van der Waals surface area contributed by atoms with Crippen molar-refractivity contribution in [1.82, 2.24) is 20.0 Å². The summed E-state index contributed by atoms with van der Waals surface area (Å²) in [6.07, 6.45) is 1.79. The molecule has 0 aliphatic carbocycles. The molecule has 1 amide bonds. The Labute approximate surface area is 133 Å². The fourth-order valence-corrected chi connectivity index (χ4v) is 2.40. The van der Waals surface area contributed by atoms with Crippen molar-refractivity contribution in [3.63, 3.8) is 0 Å². The average Bonchev–Trinajstić information content (AvgIpc) is 2.94. The first-order valence-electron chi connectivity index (χ1n) is 6.79. The van der Waals surface area contributed by atoms with Gasteiger partial charge in [0.15, 0.2) is 5.69 Å². The lowest BCUT2D eigenvalue weighted by Gasteiger charge is -2.09. The van der Waals surface area contributed by atoms with Crippen molar-refractivity contribution in [2.45, 2.75) is 13.5 Å². The quantitative estimate of drug-likeness (QED) is 0.900. The Hall–Kier alpha value is -1.66. The zero-order chi connectivity index (χ0) is 15.4. The minimum Gasteiger partial charge on any atom is -0.343 e. The molecule has 112 valence electrons. The number of amides is 1. The SMILES string of the molecule is CCNCc1ccc(-n2ccc(C(=O)N(C)C)n2)cc1Br. The summed E-state index contributed by atoms with van der Waals surface area (Å²) in [4.78, 5) is 13.4. The van der Waals surface area contributed by atoms with Gasteiger partial charge in [0, 0.05) is 31.3 Å². The summed E-state index contributed by atoms with van der Waals surface area (Å²) < 4.78 is 2.73. The Bertz CT molecular complexity index is 636. The fraction of sp³-hybridized carbons (Fsp3) is 0.333. The monoisotopic (exact) mass is 350 g/mol. The molecule has 2 aromatic rings. The number of benzene rings is 1. The van der Waals surface area contributed by atoms with Crippen LogP contribution in [0.3, 0.4) is 0 Å². The fourth-order valence-electron chi connectivity index (χ4n) is 1.89. The molecule has 0 saturated heterocycles. The number of nitrogens with zero attached hydrogens (tertiary/aromatic N) is 3. The minimum absolute atomic E-state index is 0.100. The molecule has 0 bridgehead atoms. The molecule has 1 aromatic heterocycles. The van der Waals surface area contributed by atoms with E-state index in [0.717, 1.165) is 23.2 Å². The summed E-state index contributed by atoms with van der Waals surface area (Å²) in [7, 11) is 3.43. The van der Waals surface area contributed by atoms with Crippen LogP contribution in [0.2, 0.25) is 0 Å². The first-order valence-corrected chi connectivity index (χ1v) is 7.59. The third kappa shape index (κ3) is 3.71. The molecular weight excluding hydrogens is 332 g/mol. The normalized spacial score (nSPS) is 10.7. The third-order valence-corrected chi connectivity index (χ3v) is 3.82. The van der Waals surface area contributed by atoms with E-state index >= 15 is 0 Å². The molecule has 0 aliphatic rings. The van der Waals surface area contributed by atoms with Crippen molar-refractivity contribution in [3.8, 4) is 5.69 Å². The highest BCUT2D eigenvalue weighted by Gasteiger charge is 2.12. The summed E-state index contributed by atoms with van der Waals surface area (Å²) >= 11 is 3.58. The van der Waals surface area contributed by atoms with E-state index < -0.39 is 0 Å². The van der Waals surface area contributed by atoms with E-state index in [-0.39, 0.29) is 5.91 Å². The lowest BCUT2D eigenvalue weighted by Crippen LogP contribution is -2.22. The van der Waals surface area contributed by atoms with Gasteiger partial charge in [0.1, 0.15) is 0 Å². The van der Waals surface area contributed by atoms with Crippen molar-refractivity contribution in [2.75, 3.05) is 20.6 Å². The van der Waals surface area contributed by atoms with E-state index in [2.05, 4.69) is 39.3 Å². The number of hydrogen-bond donors (Lipinski definition) is 1. The molecular formula is C15H19BrN4O. The number of nitrogens with one attached hydrogen (secondary N) is 1. The van der Waals surface area contributed by atoms with Gasteiger partial charge in [-0.2, -0.15) is 5.10 Å². The Morgan fingerprint density at radius 3 is 2.76 bits per heavy atom. The highest BCUT2D eigenvalue weighted by atomic mass is 79.9. The molecule has 1 heterocycles. The van der Waals surface area contributed by atoms with E-state index in [1.807, 2.05) is 12.1 Å². The van der Waals surface area contributed by atoms with E-state index in [1.54, 1.807) is 31.0 Å². The van der Waals surface area contributed by atoms with Crippen molar-refractivity contribution >= 4 is 21.8 Å². The maximum absolute atomic E-state index is 11.9. The van der Waals surface area contributed by atoms with Gasteiger partial charge in [-0.3, -0.25) is 4.79 Å². The minimum atomic E-state index is -0.100. The van der Waals surface area contributed by atoms with Gasteiger partial charge < -0.3 is 10.2 Å². The van der Waals surface area contributed by atoms with E-state index in [1.165, 1.54) is 10.5 Å². The Morgan fingerprint density at radius 1 is 1.38 bits per heavy atom. The Morgan fingerprint density at radius 2 is 2.14 bits per heavy atom. The van der Waals surface area contributed by atoms with Crippen molar-refractivity contribution in [2.24, 2.45) is 0 Å². The first kappa shape index (κ1) is 15.7. The second-order valence-corrected chi connectivity index (χ2v) is 5.76. The van der Waals surface area contributed by atoms with Gasteiger partial charge in [0.05, 0.1) is 5.69 Å². The van der Waals surface area contributed by atoms with Crippen LogP contribution in [-0.4, -0.2) is 41.2 Å². The maximum Gasteiger partial charge on any atom is 0.273 e. The molecule has 0 radical (unpaired) electrons. The summed E-state index contributed by atoms with van der Waals surface area (Å²) in [6, 6.07) is 7.78. The van der Waals surface area contributed by atoms with Crippen LogP contribution in [0.15, 0.2) is 34.9 Å². The molecule has 0 unspecified atom stereocenters. The number of carbonyl (C=O) groups excluding carboxylic acids is 1.